The molecule has 5 nitrogen and oxygen atoms in total. The van der Waals surface area contributed by atoms with E-state index in [2.05, 4.69) is 10.0 Å². The molecule has 0 radical (unpaired) electrons. The van der Waals surface area contributed by atoms with Gasteiger partial charge in [-0.1, -0.05) is 59.7 Å². The molecule has 0 spiro atoms. The van der Waals surface area contributed by atoms with E-state index in [1.807, 2.05) is 54.6 Å². The second-order valence-electron chi connectivity index (χ2n) is 4.80. The Bertz CT molecular complexity index is 748. The summed E-state index contributed by atoms with van der Waals surface area (Å²) < 4.78 is 4.91. The molecule has 0 aliphatic rings. The summed E-state index contributed by atoms with van der Waals surface area (Å²) >= 11 is 0. The van der Waals surface area contributed by atoms with Crippen molar-refractivity contribution >= 4 is 12.0 Å². The Kier molecular flexibility index (Phi) is 5.98. The van der Waals surface area contributed by atoms with E-state index in [1.165, 1.54) is 0 Å². The molecule has 23 heavy (non-hydrogen) atoms. The lowest BCUT2D eigenvalue weighted by Gasteiger charge is -2.08. The highest BCUT2D eigenvalue weighted by Gasteiger charge is 2.10. The summed E-state index contributed by atoms with van der Waals surface area (Å²) in [6, 6.07) is 17.7. The van der Waals surface area contributed by atoms with Crippen molar-refractivity contribution in [2.45, 2.75) is 13.3 Å². The van der Waals surface area contributed by atoms with Gasteiger partial charge in [-0.2, -0.15) is 0 Å². The van der Waals surface area contributed by atoms with E-state index < -0.39 is 5.97 Å². The van der Waals surface area contributed by atoms with Crippen molar-refractivity contribution in [2.24, 2.45) is 5.11 Å². The molecule has 0 saturated heterocycles. The minimum Gasteiger partial charge on any atom is -0.462 e. The first kappa shape index (κ1) is 16.3. The van der Waals surface area contributed by atoms with E-state index in [-0.39, 0.29) is 12.3 Å². The highest BCUT2D eigenvalue weighted by atomic mass is 16.5. The Labute approximate surface area is 134 Å². The molecule has 0 amide bonds. The number of carbonyl (C=O) groups is 1. The van der Waals surface area contributed by atoms with Crippen molar-refractivity contribution in [3.8, 4) is 0 Å². The van der Waals surface area contributed by atoms with Gasteiger partial charge in [0.15, 0.2) is 0 Å². The summed E-state index contributed by atoms with van der Waals surface area (Å²) in [6.45, 7) is 1.93. The second kappa shape index (κ2) is 8.41. The molecular formula is C18H17N3O2. The number of carbonyl (C=O) groups excluding carboxylic acids is 1. The first-order chi connectivity index (χ1) is 11.2. The largest absolute Gasteiger partial charge is 0.462 e. The molecule has 116 valence electrons. The van der Waals surface area contributed by atoms with Crippen LogP contribution < -0.4 is 0 Å². The van der Waals surface area contributed by atoms with Gasteiger partial charge in [-0.15, -0.1) is 0 Å². The third-order valence-electron chi connectivity index (χ3n) is 3.22. The molecule has 0 fully saturated rings. The Hall–Kier alpha value is -3.04. The lowest BCUT2D eigenvalue weighted by Crippen LogP contribution is -2.05. The number of azide groups is 1. The quantitative estimate of drug-likeness (QED) is 0.259. The normalized spacial score (nSPS) is 10.7. The van der Waals surface area contributed by atoms with Crippen LogP contribution in [0.5, 0.6) is 0 Å². The molecule has 0 N–H and O–H groups in total. The van der Waals surface area contributed by atoms with Crippen LogP contribution >= 0.6 is 0 Å². The Morgan fingerprint density at radius 3 is 2.57 bits per heavy atom. The molecule has 0 atom stereocenters. The van der Waals surface area contributed by atoms with E-state index in [0.29, 0.717) is 0 Å². The average Bonchev–Trinajstić information content (AvgIpc) is 2.57. The highest BCUT2D eigenvalue weighted by molar-refractivity contribution is 5.93. The van der Waals surface area contributed by atoms with Gasteiger partial charge in [-0.3, -0.25) is 0 Å². The topological polar surface area (TPSA) is 75.1 Å². The Morgan fingerprint density at radius 1 is 1.17 bits per heavy atom. The van der Waals surface area contributed by atoms with Crippen LogP contribution in [0.2, 0.25) is 0 Å². The number of rotatable bonds is 6. The molecule has 0 aliphatic carbocycles. The fourth-order valence-electron chi connectivity index (χ4n) is 2.18. The maximum Gasteiger partial charge on any atom is 0.340 e. The summed E-state index contributed by atoms with van der Waals surface area (Å²) in [4.78, 5) is 14.6. The standard InChI is InChI=1S/C18H17N3O2/c1-2-23-18(22)17(20-21-19)13-16-11-7-6-10-15(16)12-14-8-4-3-5-9-14/h3-11,13H,2,12H2,1H3/b17-13-. The summed E-state index contributed by atoms with van der Waals surface area (Å²) in [6.07, 6.45) is 2.29. The van der Waals surface area contributed by atoms with Crippen LogP contribution in [-0.2, 0) is 16.0 Å². The van der Waals surface area contributed by atoms with Crippen molar-refractivity contribution in [2.75, 3.05) is 6.61 Å². The van der Waals surface area contributed by atoms with Gasteiger partial charge in [0.05, 0.1) is 6.61 Å². The van der Waals surface area contributed by atoms with Crippen molar-refractivity contribution in [3.05, 3.63) is 87.4 Å². The predicted molar refractivity (Wildman–Crippen MR) is 89.4 cm³/mol. The third-order valence-corrected chi connectivity index (χ3v) is 3.22. The number of hydrogen-bond donors (Lipinski definition) is 0. The Balaban J connectivity index is 2.36. The minimum absolute atomic E-state index is 0.0464. The zero-order chi connectivity index (χ0) is 16.5. The zero-order valence-corrected chi connectivity index (χ0v) is 12.8. The fraction of sp³-hybridized carbons (Fsp3) is 0.167. The van der Waals surface area contributed by atoms with E-state index in [0.717, 1.165) is 23.1 Å². The van der Waals surface area contributed by atoms with Crippen LogP contribution in [0.1, 0.15) is 23.6 Å². The van der Waals surface area contributed by atoms with Crippen molar-refractivity contribution in [3.63, 3.8) is 0 Å². The van der Waals surface area contributed by atoms with E-state index >= 15 is 0 Å². The smallest absolute Gasteiger partial charge is 0.340 e. The van der Waals surface area contributed by atoms with Gasteiger partial charge in [0.2, 0.25) is 0 Å². The molecule has 0 aliphatic heterocycles. The molecule has 2 aromatic rings. The van der Waals surface area contributed by atoms with Crippen LogP contribution in [0.15, 0.2) is 65.4 Å². The molecule has 0 heterocycles. The third kappa shape index (κ3) is 4.73. The van der Waals surface area contributed by atoms with Crippen molar-refractivity contribution in [1.29, 1.82) is 0 Å². The lowest BCUT2D eigenvalue weighted by atomic mass is 9.99. The van der Waals surface area contributed by atoms with E-state index in [4.69, 9.17) is 10.3 Å². The number of hydrogen-bond acceptors (Lipinski definition) is 3. The van der Waals surface area contributed by atoms with Crippen LogP contribution in [0.4, 0.5) is 0 Å². The van der Waals surface area contributed by atoms with Crippen LogP contribution in [-0.4, -0.2) is 12.6 Å². The first-order valence-electron chi connectivity index (χ1n) is 7.30. The number of ether oxygens (including phenoxy) is 1. The zero-order valence-electron chi connectivity index (χ0n) is 12.8. The molecular weight excluding hydrogens is 290 g/mol. The summed E-state index contributed by atoms with van der Waals surface area (Å²) in [5.74, 6) is -0.625. The van der Waals surface area contributed by atoms with Crippen LogP contribution in [0, 0.1) is 0 Å². The first-order valence-corrected chi connectivity index (χ1v) is 7.30. The fourth-order valence-corrected chi connectivity index (χ4v) is 2.18. The molecule has 0 bridgehead atoms. The summed E-state index contributed by atoms with van der Waals surface area (Å²) in [5.41, 5.74) is 11.6. The minimum atomic E-state index is -0.625. The molecule has 2 rings (SSSR count). The molecule has 0 unspecified atom stereocenters. The van der Waals surface area contributed by atoms with Gasteiger partial charge in [0.1, 0.15) is 5.70 Å². The predicted octanol–water partition coefficient (Wildman–Crippen LogP) is 4.49. The monoisotopic (exact) mass is 307 g/mol. The maximum absolute atomic E-state index is 11.9. The van der Waals surface area contributed by atoms with Gasteiger partial charge in [-0.25, -0.2) is 4.79 Å². The highest BCUT2D eigenvalue weighted by Crippen LogP contribution is 2.18. The van der Waals surface area contributed by atoms with Crippen molar-refractivity contribution < 1.29 is 9.53 Å². The summed E-state index contributed by atoms with van der Waals surface area (Å²) in [7, 11) is 0. The van der Waals surface area contributed by atoms with Crippen LogP contribution in [0.25, 0.3) is 16.5 Å². The number of esters is 1. The maximum atomic E-state index is 11.9. The molecule has 2 aromatic carbocycles. The lowest BCUT2D eigenvalue weighted by molar-refractivity contribution is -0.138. The van der Waals surface area contributed by atoms with Gasteiger partial charge in [-0.05, 0) is 41.6 Å². The van der Waals surface area contributed by atoms with Crippen molar-refractivity contribution in [1.82, 2.24) is 0 Å². The van der Waals surface area contributed by atoms with E-state index in [9.17, 15) is 4.79 Å². The van der Waals surface area contributed by atoms with Gasteiger partial charge in [0.25, 0.3) is 0 Å². The number of benzene rings is 2. The molecule has 0 saturated carbocycles. The van der Waals surface area contributed by atoms with Crippen LogP contribution in [0.3, 0.4) is 0 Å². The van der Waals surface area contributed by atoms with Gasteiger partial charge < -0.3 is 4.74 Å². The Morgan fingerprint density at radius 2 is 1.87 bits per heavy atom. The van der Waals surface area contributed by atoms with E-state index in [1.54, 1.807) is 13.0 Å². The molecule has 0 aromatic heterocycles. The van der Waals surface area contributed by atoms with Gasteiger partial charge in [0, 0.05) is 4.91 Å². The molecule has 5 heteroatoms. The second-order valence-corrected chi connectivity index (χ2v) is 4.80. The summed E-state index contributed by atoms with van der Waals surface area (Å²) in [5, 5.41) is 3.45. The van der Waals surface area contributed by atoms with Gasteiger partial charge >= 0.3 is 5.97 Å². The average molecular weight is 307 g/mol. The number of nitrogens with zero attached hydrogens (tertiary/aromatic N) is 3. The SMILES string of the molecule is CCOC(=O)/C(=C/c1ccccc1Cc1ccccc1)N=[N+]=[N-].